The first-order valence-electron chi connectivity index (χ1n) is 9.16. The van der Waals surface area contributed by atoms with Gasteiger partial charge in [0.1, 0.15) is 12.2 Å². The summed E-state index contributed by atoms with van der Waals surface area (Å²) in [6.45, 7) is 4.12. The Morgan fingerprint density at radius 1 is 1.42 bits per heavy atom. The van der Waals surface area contributed by atoms with Crippen molar-refractivity contribution in [3.8, 4) is 0 Å². The monoisotopic (exact) mass is 330 g/mol. The molecule has 0 spiro atoms. The van der Waals surface area contributed by atoms with Gasteiger partial charge in [-0.1, -0.05) is 13.0 Å². The molecule has 1 aromatic heterocycles. The molecular formula is C19H26N2O3. The fourth-order valence-corrected chi connectivity index (χ4v) is 4.32. The van der Waals surface area contributed by atoms with E-state index in [2.05, 4.69) is 16.8 Å². The van der Waals surface area contributed by atoms with Gasteiger partial charge < -0.3 is 14.4 Å². The molecule has 3 aliphatic rings. The quantitative estimate of drug-likeness (QED) is 0.851. The van der Waals surface area contributed by atoms with Crippen LogP contribution < -0.4 is 0 Å². The number of aromatic nitrogens is 1. The molecule has 0 bridgehead atoms. The van der Waals surface area contributed by atoms with Gasteiger partial charge in [0.15, 0.2) is 0 Å². The number of amides is 1. The van der Waals surface area contributed by atoms with Crippen LogP contribution in [0.15, 0.2) is 24.4 Å². The molecule has 0 radical (unpaired) electrons. The van der Waals surface area contributed by atoms with Crippen molar-refractivity contribution in [3.05, 3.63) is 30.1 Å². The van der Waals surface area contributed by atoms with E-state index in [0.29, 0.717) is 25.0 Å². The van der Waals surface area contributed by atoms with Gasteiger partial charge in [-0.15, -0.1) is 0 Å². The van der Waals surface area contributed by atoms with E-state index in [-0.39, 0.29) is 24.2 Å². The Kier molecular flexibility index (Phi) is 4.55. The summed E-state index contributed by atoms with van der Waals surface area (Å²) < 4.78 is 12.1. The molecule has 1 amide bonds. The van der Waals surface area contributed by atoms with E-state index in [1.807, 2.05) is 18.2 Å². The predicted molar refractivity (Wildman–Crippen MR) is 89.2 cm³/mol. The highest BCUT2D eigenvalue weighted by Gasteiger charge is 2.49. The van der Waals surface area contributed by atoms with Crippen LogP contribution in [0, 0.1) is 11.8 Å². The Hall–Kier alpha value is -1.46. The first-order valence-corrected chi connectivity index (χ1v) is 9.16. The van der Waals surface area contributed by atoms with Crippen molar-refractivity contribution >= 4 is 5.91 Å². The topological polar surface area (TPSA) is 51.7 Å². The van der Waals surface area contributed by atoms with Crippen LogP contribution in [0.2, 0.25) is 0 Å². The minimum Gasteiger partial charge on any atom is -0.373 e. The number of hydrogen-bond donors (Lipinski definition) is 0. The summed E-state index contributed by atoms with van der Waals surface area (Å²) in [6, 6.07) is 6.02. The van der Waals surface area contributed by atoms with Gasteiger partial charge in [-0.25, -0.2) is 0 Å². The fraction of sp³-hybridized carbons (Fsp3) is 0.684. The third-order valence-electron chi connectivity index (χ3n) is 5.65. The average Bonchev–Trinajstić information content (AvgIpc) is 2.96. The molecule has 1 aromatic rings. The van der Waals surface area contributed by atoms with Crippen molar-refractivity contribution in [3.63, 3.8) is 0 Å². The van der Waals surface area contributed by atoms with Crippen LogP contribution >= 0.6 is 0 Å². The minimum atomic E-state index is -0.0428. The lowest BCUT2D eigenvalue weighted by Crippen LogP contribution is -2.47. The van der Waals surface area contributed by atoms with Gasteiger partial charge in [0, 0.05) is 25.3 Å². The summed E-state index contributed by atoms with van der Waals surface area (Å²) in [7, 11) is 0. The van der Waals surface area contributed by atoms with E-state index in [4.69, 9.17) is 9.47 Å². The van der Waals surface area contributed by atoms with Gasteiger partial charge in [0.05, 0.1) is 18.3 Å². The smallest absolute Gasteiger partial charge is 0.226 e. The summed E-state index contributed by atoms with van der Waals surface area (Å²) in [5, 5.41) is 0. The van der Waals surface area contributed by atoms with Crippen LogP contribution in [-0.4, -0.2) is 47.2 Å². The van der Waals surface area contributed by atoms with Crippen LogP contribution in [0.1, 0.15) is 38.3 Å². The van der Waals surface area contributed by atoms with Crippen molar-refractivity contribution in [2.24, 2.45) is 11.8 Å². The molecule has 130 valence electrons. The second-order valence-electron chi connectivity index (χ2n) is 7.48. The molecule has 3 atom stereocenters. The zero-order valence-electron chi connectivity index (χ0n) is 14.3. The van der Waals surface area contributed by atoms with Crippen LogP contribution in [0.4, 0.5) is 0 Å². The lowest BCUT2D eigenvalue weighted by molar-refractivity contribution is -0.143. The molecule has 0 aromatic carbocycles. The van der Waals surface area contributed by atoms with Crippen LogP contribution in [0.5, 0.6) is 0 Å². The number of nitrogens with zero attached hydrogens (tertiary/aromatic N) is 2. The number of fused-ring (bicyclic) bond motifs is 1. The van der Waals surface area contributed by atoms with Crippen LogP contribution in [-0.2, 0) is 20.9 Å². The van der Waals surface area contributed by atoms with E-state index in [9.17, 15) is 4.79 Å². The van der Waals surface area contributed by atoms with E-state index in [1.54, 1.807) is 6.20 Å². The van der Waals surface area contributed by atoms with Crippen molar-refractivity contribution in [2.75, 3.05) is 13.2 Å². The van der Waals surface area contributed by atoms with Crippen LogP contribution in [0.25, 0.3) is 0 Å². The summed E-state index contributed by atoms with van der Waals surface area (Å²) >= 11 is 0. The predicted octanol–water partition coefficient (Wildman–Crippen LogP) is 2.40. The van der Waals surface area contributed by atoms with Crippen molar-refractivity contribution < 1.29 is 14.3 Å². The van der Waals surface area contributed by atoms with Gasteiger partial charge in [-0.05, 0) is 43.7 Å². The van der Waals surface area contributed by atoms with Gasteiger partial charge in [0.2, 0.25) is 5.91 Å². The number of hydrogen-bond acceptors (Lipinski definition) is 4. The third-order valence-corrected chi connectivity index (χ3v) is 5.65. The molecule has 0 unspecified atom stereocenters. The van der Waals surface area contributed by atoms with Gasteiger partial charge in [-0.3, -0.25) is 9.78 Å². The number of ether oxygens (including phenoxy) is 2. The molecule has 0 N–H and O–H groups in total. The third kappa shape index (κ3) is 3.07. The number of carbonyl (C=O) groups excluding carboxylic acids is 1. The first kappa shape index (κ1) is 16.0. The molecule has 2 aliphatic heterocycles. The molecule has 3 heterocycles. The largest absolute Gasteiger partial charge is 0.373 e. The fourth-order valence-electron chi connectivity index (χ4n) is 4.32. The molecule has 3 fully saturated rings. The van der Waals surface area contributed by atoms with E-state index >= 15 is 0 Å². The number of carbonyl (C=O) groups is 1. The summed E-state index contributed by atoms with van der Waals surface area (Å²) in [4.78, 5) is 19.2. The molecular weight excluding hydrogens is 304 g/mol. The lowest BCUT2D eigenvalue weighted by Gasteiger charge is -2.38. The molecule has 2 saturated heterocycles. The number of likely N-dealkylation sites (tertiary alicyclic amines) is 1. The molecule has 1 aliphatic carbocycles. The van der Waals surface area contributed by atoms with E-state index in [1.165, 1.54) is 0 Å². The summed E-state index contributed by atoms with van der Waals surface area (Å²) in [6.07, 6.45) is 5.88. The highest BCUT2D eigenvalue weighted by molar-refractivity contribution is 5.80. The Labute approximate surface area is 143 Å². The molecule has 1 saturated carbocycles. The maximum Gasteiger partial charge on any atom is 0.226 e. The average molecular weight is 330 g/mol. The van der Waals surface area contributed by atoms with Crippen molar-refractivity contribution in [1.82, 2.24) is 9.88 Å². The number of pyridine rings is 1. The maximum absolute atomic E-state index is 12.9. The molecule has 4 rings (SSSR count). The van der Waals surface area contributed by atoms with Crippen LogP contribution in [0.3, 0.4) is 0 Å². The van der Waals surface area contributed by atoms with E-state index < -0.39 is 0 Å². The normalized spacial score (nSPS) is 35.4. The Balaban J connectivity index is 1.42. The van der Waals surface area contributed by atoms with Gasteiger partial charge >= 0.3 is 0 Å². The Morgan fingerprint density at radius 2 is 2.29 bits per heavy atom. The molecule has 24 heavy (non-hydrogen) atoms. The van der Waals surface area contributed by atoms with Crippen molar-refractivity contribution in [1.29, 1.82) is 0 Å². The Bertz CT molecular complexity index is 573. The summed E-state index contributed by atoms with van der Waals surface area (Å²) in [5.41, 5.74) is 0.919. The standard InChI is InChI=1S/C19H26N2O3/c1-13-9-14(10-13)19(22)21-11-17(18-16(21)6-4-8-23-18)24-12-15-5-2-3-7-20-15/h2-3,5,7,13-14,16-18H,4,6,8-12H2,1H3/t13?,14?,16-,17+,18+/m1/s1. The first-order chi connectivity index (χ1) is 11.7. The van der Waals surface area contributed by atoms with E-state index in [0.717, 1.165) is 38.0 Å². The van der Waals surface area contributed by atoms with Gasteiger partial charge in [-0.2, -0.15) is 0 Å². The Morgan fingerprint density at radius 3 is 3.04 bits per heavy atom. The second-order valence-corrected chi connectivity index (χ2v) is 7.48. The highest BCUT2D eigenvalue weighted by Crippen LogP contribution is 2.38. The second kappa shape index (κ2) is 6.81. The lowest BCUT2D eigenvalue weighted by atomic mass is 9.75. The zero-order valence-corrected chi connectivity index (χ0v) is 14.3. The minimum absolute atomic E-state index is 0.0175. The van der Waals surface area contributed by atoms with Crippen molar-refractivity contribution in [2.45, 2.75) is 57.5 Å². The maximum atomic E-state index is 12.9. The van der Waals surface area contributed by atoms with Gasteiger partial charge in [0.25, 0.3) is 0 Å². The molecule has 5 nitrogen and oxygen atoms in total. The zero-order chi connectivity index (χ0) is 16.5. The number of rotatable bonds is 4. The highest BCUT2D eigenvalue weighted by atomic mass is 16.5. The summed E-state index contributed by atoms with van der Waals surface area (Å²) in [5.74, 6) is 1.23. The molecule has 5 heteroatoms. The SMILES string of the molecule is CC1CC(C(=O)N2C[C@H](OCc3ccccn3)[C@H]3OCCC[C@H]32)C1.